The fraction of sp³-hybridized carbons (Fsp3) is 0.611. The van der Waals surface area contributed by atoms with Crippen LogP contribution in [0, 0.1) is 5.92 Å². The number of aliphatic hydroxyl groups is 1. The summed E-state index contributed by atoms with van der Waals surface area (Å²) in [5, 5.41) is 11.4. The topological polar surface area (TPSA) is 90.0 Å². The highest BCUT2D eigenvalue weighted by molar-refractivity contribution is 7.89. The van der Waals surface area contributed by atoms with Gasteiger partial charge in [-0.15, -0.1) is 0 Å². The molecule has 0 unspecified atom stereocenters. The van der Waals surface area contributed by atoms with E-state index < -0.39 is 10.0 Å². The second-order valence-corrected chi connectivity index (χ2v) is 8.95. The van der Waals surface area contributed by atoms with E-state index in [0.717, 1.165) is 25.1 Å². The van der Waals surface area contributed by atoms with E-state index in [2.05, 4.69) is 10.2 Å². The monoisotopic (exact) mass is 381 g/mol. The minimum atomic E-state index is -3.55. The van der Waals surface area contributed by atoms with Crippen molar-refractivity contribution < 1.29 is 18.3 Å². The molecule has 1 saturated heterocycles. The van der Waals surface area contributed by atoms with E-state index in [1.165, 1.54) is 9.87 Å². The van der Waals surface area contributed by atoms with Crippen LogP contribution in [0.5, 0.6) is 0 Å². The minimum Gasteiger partial charge on any atom is -0.395 e. The molecule has 0 bridgehead atoms. The summed E-state index contributed by atoms with van der Waals surface area (Å²) in [5.74, 6) is -0.297. The lowest BCUT2D eigenvalue weighted by molar-refractivity contribution is -0.126. The molecule has 1 amide bonds. The number of nitrogens with zero attached hydrogens (tertiary/aromatic N) is 2. The van der Waals surface area contributed by atoms with Gasteiger partial charge in [0.2, 0.25) is 15.9 Å². The summed E-state index contributed by atoms with van der Waals surface area (Å²) in [4.78, 5) is 14.4. The fourth-order valence-corrected chi connectivity index (χ4v) is 5.22. The van der Waals surface area contributed by atoms with E-state index in [9.17, 15) is 13.2 Å². The number of benzene rings is 1. The highest BCUT2D eigenvalue weighted by atomic mass is 32.2. The first-order valence-corrected chi connectivity index (χ1v) is 10.6. The molecule has 0 radical (unpaired) electrons. The Morgan fingerprint density at radius 1 is 1.27 bits per heavy atom. The van der Waals surface area contributed by atoms with Crippen LogP contribution < -0.4 is 10.2 Å². The van der Waals surface area contributed by atoms with Crippen molar-refractivity contribution in [2.45, 2.75) is 30.6 Å². The Morgan fingerprint density at radius 2 is 2.00 bits per heavy atom. The zero-order chi connectivity index (χ0) is 18.7. The third-order valence-corrected chi connectivity index (χ3v) is 7.18. The van der Waals surface area contributed by atoms with E-state index in [-0.39, 0.29) is 25.0 Å². The van der Waals surface area contributed by atoms with E-state index in [0.29, 0.717) is 30.8 Å². The van der Waals surface area contributed by atoms with Crippen LogP contribution in [0.2, 0.25) is 0 Å². The summed E-state index contributed by atoms with van der Waals surface area (Å²) in [5.41, 5.74) is 2.19. The number of aliphatic hydroxyl groups excluding tert-OH is 1. The minimum absolute atomic E-state index is 0.0915. The van der Waals surface area contributed by atoms with Crippen LogP contribution in [0.25, 0.3) is 0 Å². The van der Waals surface area contributed by atoms with Crippen LogP contribution in [0.4, 0.5) is 5.69 Å². The van der Waals surface area contributed by atoms with Crippen LogP contribution in [-0.2, 0) is 21.2 Å². The molecular weight excluding hydrogens is 354 g/mol. The number of sulfonamides is 1. The summed E-state index contributed by atoms with van der Waals surface area (Å²) >= 11 is 0. The Kier molecular flexibility index (Phi) is 5.84. The number of hydrogen-bond donors (Lipinski definition) is 2. The summed E-state index contributed by atoms with van der Waals surface area (Å²) in [7, 11) is -1.56. The first-order chi connectivity index (χ1) is 12.4. The van der Waals surface area contributed by atoms with Crippen molar-refractivity contribution in [1.82, 2.24) is 9.62 Å². The predicted octanol–water partition coefficient (Wildman–Crippen LogP) is 0.578. The SMILES string of the molecule is CN1CCCc2ccc(S(=O)(=O)N3CCC(C(=O)NCCO)CC3)cc21. The second-order valence-electron chi connectivity index (χ2n) is 7.01. The van der Waals surface area contributed by atoms with E-state index in [1.807, 2.05) is 13.1 Å². The molecule has 2 aliphatic heterocycles. The fourth-order valence-electron chi connectivity index (χ4n) is 3.73. The normalized spacial score (nSPS) is 19.2. The summed E-state index contributed by atoms with van der Waals surface area (Å²) < 4.78 is 27.5. The molecule has 1 aromatic rings. The molecule has 0 saturated carbocycles. The van der Waals surface area contributed by atoms with E-state index >= 15 is 0 Å². The number of piperidine rings is 1. The highest BCUT2D eigenvalue weighted by Crippen LogP contribution is 2.31. The summed E-state index contributed by atoms with van der Waals surface area (Å²) in [6.07, 6.45) is 3.07. The van der Waals surface area contributed by atoms with Crippen molar-refractivity contribution >= 4 is 21.6 Å². The number of fused-ring (bicyclic) bond motifs is 1. The molecule has 26 heavy (non-hydrogen) atoms. The number of amides is 1. The maximum atomic E-state index is 13.0. The highest BCUT2D eigenvalue weighted by Gasteiger charge is 2.32. The first kappa shape index (κ1) is 19.1. The van der Waals surface area contributed by atoms with Crippen LogP contribution in [-0.4, -0.2) is 63.6 Å². The van der Waals surface area contributed by atoms with Crippen LogP contribution in [0.15, 0.2) is 23.1 Å². The Bertz CT molecular complexity index is 758. The molecule has 0 atom stereocenters. The van der Waals surface area contributed by atoms with Gasteiger partial charge in [0, 0.05) is 44.8 Å². The Hall–Kier alpha value is -1.64. The number of rotatable bonds is 5. The van der Waals surface area contributed by atoms with Gasteiger partial charge >= 0.3 is 0 Å². The molecule has 2 heterocycles. The van der Waals surface area contributed by atoms with Crippen molar-refractivity contribution in [3.8, 4) is 0 Å². The van der Waals surface area contributed by atoms with E-state index in [4.69, 9.17) is 5.11 Å². The Balaban J connectivity index is 1.70. The van der Waals surface area contributed by atoms with Gasteiger partial charge < -0.3 is 15.3 Å². The molecule has 2 aliphatic rings. The van der Waals surface area contributed by atoms with Crippen LogP contribution >= 0.6 is 0 Å². The molecule has 3 rings (SSSR count). The third-order valence-electron chi connectivity index (χ3n) is 5.28. The van der Waals surface area contributed by atoms with Gasteiger partial charge in [-0.2, -0.15) is 4.31 Å². The van der Waals surface area contributed by atoms with Gasteiger partial charge in [0.1, 0.15) is 0 Å². The number of anilines is 1. The van der Waals surface area contributed by atoms with Gasteiger partial charge in [0.05, 0.1) is 11.5 Å². The largest absolute Gasteiger partial charge is 0.395 e. The van der Waals surface area contributed by atoms with Gasteiger partial charge in [-0.25, -0.2) is 8.42 Å². The van der Waals surface area contributed by atoms with Gasteiger partial charge in [-0.3, -0.25) is 4.79 Å². The van der Waals surface area contributed by atoms with Gasteiger partial charge in [-0.05, 0) is 43.4 Å². The molecule has 8 heteroatoms. The number of aryl methyl sites for hydroxylation is 1. The number of carbonyl (C=O) groups excluding carboxylic acids is 1. The zero-order valence-electron chi connectivity index (χ0n) is 15.1. The van der Waals surface area contributed by atoms with E-state index in [1.54, 1.807) is 12.1 Å². The molecule has 0 spiro atoms. The molecule has 2 N–H and O–H groups in total. The molecule has 7 nitrogen and oxygen atoms in total. The molecule has 1 fully saturated rings. The maximum absolute atomic E-state index is 13.0. The maximum Gasteiger partial charge on any atom is 0.243 e. The second kappa shape index (κ2) is 7.94. The number of hydrogen-bond acceptors (Lipinski definition) is 5. The van der Waals surface area contributed by atoms with Crippen molar-refractivity contribution in [3.05, 3.63) is 23.8 Å². The number of nitrogens with one attached hydrogen (secondary N) is 1. The number of carbonyl (C=O) groups is 1. The Labute approximate surface area is 155 Å². The standard InChI is InChI=1S/C18H27N3O4S/c1-20-9-2-3-14-4-5-16(13-17(14)20)26(24,25)21-10-6-15(7-11-21)18(23)19-8-12-22/h4-5,13,15,22H,2-3,6-12H2,1H3,(H,19,23). The molecule has 0 aliphatic carbocycles. The first-order valence-electron chi connectivity index (χ1n) is 9.16. The average molecular weight is 381 g/mol. The molecule has 144 valence electrons. The Morgan fingerprint density at radius 3 is 2.69 bits per heavy atom. The van der Waals surface area contributed by atoms with Crippen molar-refractivity contribution in [2.75, 3.05) is 44.7 Å². The lowest BCUT2D eigenvalue weighted by atomic mass is 9.97. The third kappa shape index (κ3) is 3.87. The van der Waals surface area contributed by atoms with Crippen molar-refractivity contribution in [3.63, 3.8) is 0 Å². The zero-order valence-corrected chi connectivity index (χ0v) is 16.0. The average Bonchev–Trinajstić information content (AvgIpc) is 2.66. The van der Waals surface area contributed by atoms with Crippen LogP contribution in [0.3, 0.4) is 0 Å². The van der Waals surface area contributed by atoms with Gasteiger partial charge in [-0.1, -0.05) is 6.07 Å². The summed E-state index contributed by atoms with van der Waals surface area (Å²) in [6, 6.07) is 5.41. The van der Waals surface area contributed by atoms with Crippen LogP contribution in [0.1, 0.15) is 24.8 Å². The molecule has 1 aromatic carbocycles. The molecule has 0 aromatic heterocycles. The lowest BCUT2D eigenvalue weighted by Gasteiger charge is -2.32. The summed E-state index contributed by atoms with van der Waals surface area (Å²) in [6.45, 7) is 1.76. The van der Waals surface area contributed by atoms with Crippen molar-refractivity contribution in [1.29, 1.82) is 0 Å². The smallest absolute Gasteiger partial charge is 0.243 e. The predicted molar refractivity (Wildman–Crippen MR) is 99.6 cm³/mol. The van der Waals surface area contributed by atoms with Crippen molar-refractivity contribution in [2.24, 2.45) is 5.92 Å². The lowest BCUT2D eigenvalue weighted by Crippen LogP contribution is -2.43. The van der Waals surface area contributed by atoms with Gasteiger partial charge in [0.25, 0.3) is 0 Å². The quantitative estimate of drug-likeness (QED) is 0.779. The van der Waals surface area contributed by atoms with Gasteiger partial charge in [0.15, 0.2) is 0 Å². The molecular formula is C18H27N3O4S.